The number of fused-ring (bicyclic) bond motifs is 2. The summed E-state index contributed by atoms with van der Waals surface area (Å²) in [6.45, 7) is 0. The lowest BCUT2D eigenvalue weighted by Crippen LogP contribution is -2.14. The van der Waals surface area contributed by atoms with Crippen LogP contribution in [-0.4, -0.2) is 5.78 Å². The van der Waals surface area contributed by atoms with Crippen molar-refractivity contribution in [3.8, 4) is 0 Å². The Morgan fingerprint density at radius 1 is 1.38 bits per heavy atom. The van der Waals surface area contributed by atoms with E-state index in [1.54, 1.807) is 11.3 Å². The Morgan fingerprint density at radius 2 is 2.25 bits per heavy atom. The van der Waals surface area contributed by atoms with Crippen LogP contribution in [0.1, 0.15) is 41.8 Å². The molecule has 0 saturated heterocycles. The van der Waals surface area contributed by atoms with Crippen molar-refractivity contribution in [3.63, 3.8) is 0 Å². The van der Waals surface area contributed by atoms with E-state index in [0.717, 1.165) is 26.9 Å². The maximum absolute atomic E-state index is 12.1. The number of ketones is 1. The molecule has 2 saturated carbocycles. The van der Waals surface area contributed by atoms with Gasteiger partial charge in [-0.05, 0) is 65.1 Å². The van der Waals surface area contributed by atoms with Gasteiger partial charge in [-0.1, -0.05) is 6.42 Å². The second-order valence-electron chi connectivity index (χ2n) is 5.17. The average molecular weight is 299 g/mol. The van der Waals surface area contributed by atoms with Gasteiger partial charge in [0.2, 0.25) is 0 Å². The Bertz CT molecular complexity index is 412. The number of Topliss-reactive ketones (excluding diaryl/α,β-unsaturated/α-hetero) is 1. The Labute approximate surface area is 108 Å². The molecule has 2 aliphatic rings. The molecule has 16 heavy (non-hydrogen) atoms. The molecule has 0 amide bonds. The van der Waals surface area contributed by atoms with Crippen LogP contribution in [-0.2, 0) is 0 Å². The molecule has 3 unspecified atom stereocenters. The predicted molar refractivity (Wildman–Crippen MR) is 69.9 cm³/mol. The van der Waals surface area contributed by atoms with Crippen molar-refractivity contribution >= 4 is 33.0 Å². The molecule has 0 radical (unpaired) electrons. The number of halogens is 1. The maximum atomic E-state index is 12.1. The number of hydrogen-bond acceptors (Lipinski definition) is 2. The van der Waals surface area contributed by atoms with Crippen LogP contribution in [0.15, 0.2) is 15.9 Å². The van der Waals surface area contributed by atoms with Gasteiger partial charge in [0.05, 0.1) is 8.66 Å². The molecular formula is C13H15BrOS. The fraction of sp³-hybridized carbons (Fsp3) is 0.615. The quantitative estimate of drug-likeness (QED) is 0.750. The highest BCUT2D eigenvalue weighted by Crippen LogP contribution is 2.49. The molecular weight excluding hydrogens is 284 g/mol. The highest BCUT2D eigenvalue weighted by molar-refractivity contribution is 9.11. The Morgan fingerprint density at radius 3 is 2.81 bits per heavy atom. The summed E-state index contributed by atoms with van der Waals surface area (Å²) >= 11 is 4.98. The standard InChI is InChI=1S/C13H15BrOS/c14-13-4-3-12(16-13)11(15)7-10-6-8-1-2-9(10)5-8/h3-4,8-10H,1-2,5-7H2. The van der Waals surface area contributed by atoms with E-state index in [9.17, 15) is 4.79 Å². The van der Waals surface area contributed by atoms with Crippen LogP contribution in [0.2, 0.25) is 0 Å². The van der Waals surface area contributed by atoms with Crippen LogP contribution >= 0.6 is 27.3 Å². The summed E-state index contributed by atoms with van der Waals surface area (Å²) in [4.78, 5) is 13.0. The largest absolute Gasteiger partial charge is 0.293 e. The fourth-order valence-electron chi connectivity index (χ4n) is 3.43. The third kappa shape index (κ3) is 2.00. The minimum Gasteiger partial charge on any atom is -0.293 e. The van der Waals surface area contributed by atoms with Gasteiger partial charge in [0, 0.05) is 6.42 Å². The van der Waals surface area contributed by atoms with E-state index >= 15 is 0 Å². The molecule has 3 heteroatoms. The molecule has 3 atom stereocenters. The normalized spacial score (nSPS) is 32.2. The van der Waals surface area contributed by atoms with Crippen LogP contribution in [0.3, 0.4) is 0 Å². The van der Waals surface area contributed by atoms with Crippen molar-refractivity contribution in [2.45, 2.75) is 32.1 Å². The molecule has 0 aliphatic heterocycles. The Balaban J connectivity index is 1.65. The Hall–Kier alpha value is -0.150. The molecule has 3 rings (SSSR count). The van der Waals surface area contributed by atoms with Gasteiger partial charge in [0.15, 0.2) is 5.78 Å². The second kappa shape index (κ2) is 4.26. The highest BCUT2D eigenvalue weighted by Gasteiger charge is 2.40. The topological polar surface area (TPSA) is 17.1 Å². The summed E-state index contributed by atoms with van der Waals surface area (Å²) in [5.41, 5.74) is 0. The first-order valence-electron chi connectivity index (χ1n) is 6.01. The van der Waals surface area contributed by atoms with Crippen molar-refractivity contribution in [1.82, 2.24) is 0 Å². The van der Waals surface area contributed by atoms with Crippen LogP contribution in [0.25, 0.3) is 0 Å². The Kier molecular flexibility index (Phi) is 2.92. The van der Waals surface area contributed by atoms with Gasteiger partial charge in [-0.2, -0.15) is 0 Å². The first kappa shape index (κ1) is 11.0. The third-order valence-electron chi connectivity index (χ3n) is 4.18. The van der Waals surface area contributed by atoms with Crippen molar-refractivity contribution in [3.05, 3.63) is 20.8 Å². The number of hydrogen-bond donors (Lipinski definition) is 0. The van der Waals surface area contributed by atoms with E-state index in [1.165, 1.54) is 25.7 Å². The van der Waals surface area contributed by atoms with Crippen LogP contribution in [0, 0.1) is 17.8 Å². The minimum atomic E-state index is 0.355. The zero-order valence-corrected chi connectivity index (χ0v) is 11.5. The minimum absolute atomic E-state index is 0.355. The molecule has 1 aromatic heterocycles. The molecule has 0 spiro atoms. The second-order valence-corrected chi connectivity index (χ2v) is 7.63. The lowest BCUT2D eigenvalue weighted by Gasteiger charge is -2.20. The number of carbonyl (C=O) groups excluding carboxylic acids is 1. The summed E-state index contributed by atoms with van der Waals surface area (Å²) in [7, 11) is 0. The molecule has 2 bridgehead atoms. The summed E-state index contributed by atoms with van der Waals surface area (Å²) in [5.74, 6) is 2.84. The van der Waals surface area contributed by atoms with E-state index in [4.69, 9.17) is 0 Å². The third-order valence-corrected chi connectivity index (χ3v) is 5.84. The van der Waals surface area contributed by atoms with Crippen LogP contribution in [0.5, 0.6) is 0 Å². The van der Waals surface area contributed by atoms with Crippen molar-refractivity contribution in [2.75, 3.05) is 0 Å². The molecule has 0 aromatic carbocycles. The molecule has 2 aliphatic carbocycles. The SMILES string of the molecule is O=C(CC1CC2CCC1C2)c1ccc(Br)s1. The first-order chi connectivity index (χ1) is 7.72. The zero-order valence-electron chi connectivity index (χ0n) is 9.12. The van der Waals surface area contributed by atoms with E-state index in [2.05, 4.69) is 15.9 Å². The molecule has 86 valence electrons. The summed E-state index contributed by atoms with van der Waals surface area (Å²) in [5, 5.41) is 0. The average Bonchev–Trinajstić information content (AvgIpc) is 2.92. The number of rotatable bonds is 3. The van der Waals surface area contributed by atoms with E-state index in [0.29, 0.717) is 11.7 Å². The first-order valence-corrected chi connectivity index (χ1v) is 7.62. The smallest absolute Gasteiger partial charge is 0.173 e. The summed E-state index contributed by atoms with van der Waals surface area (Å²) < 4.78 is 1.06. The summed E-state index contributed by atoms with van der Waals surface area (Å²) in [6, 6.07) is 3.92. The molecule has 1 aromatic rings. The lowest BCUT2D eigenvalue weighted by molar-refractivity contribution is 0.0948. The molecule has 0 N–H and O–H groups in total. The van der Waals surface area contributed by atoms with E-state index < -0.39 is 0 Å². The number of carbonyl (C=O) groups is 1. The van der Waals surface area contributed by atoms with Gasteiger partial charge < -0.3 is 0 Å². The van der Waals surface area contributed by atoms with Crippen LogP contribution < -0.4 is 0 Å². The van der Waals surface area contributed by atoms with Crippen molar-refractivity contribution < 1.29 is 4.79 Å². The molecule has 2 fully saturated rings. The van der Waals surface area contributed by atoms with Gasteiger partial charge in [-0.25, -0.2) is 0 Å². The van der Waals surface area contributed by atoms with Gasteiger partial charge in [-0.3, -0.25) is 4.79 Å². The van der Waals surface area contributed by atoms with E-state index in [-0.39, 0.29) is 0 Å². The monoisotopic (exact) mass is 298 g/mol. The lowest BCUT2D eigenvalue weighted by atomic mass is 9.85. The predicted octanol–water partition coefficient (Wildman–Crippen LogP) is 4.52. The highest BCUT2D eigenvalue weighted by atomic mass is 79.9. The van der Waals surface area contributed by atoms with Gasteiger partial charge in [-0.15, -0.1) is 11.3 Å². The van der Waals surface area contributed by atoms with Crippen molar-refractivity contribution in [2.24, 2.45) is 17.8 Å². The maximum Gasteiger partial charge on any atom is 0.173 e. The zero-order chi connectivity index (χ0) is 11.1. The van der Waals surface area contributed by atoms with Gasteiger partial charge in [0.1, 0.15) is 0 Å². The number of thiophene rings is 1. The van der Waals surface area contributed by atoms with Crippen molar-refractivity contribution in [1.29, 1.82) is 0 Å². The van der Waals surface area contributed by atoms with Gasteiger partial charge >= 0.3 is 0 Å². The van der Waals surface area contributed by atoms with Crippen LogP contribution in [0.4, 0.5) is 0 Å². The van der Waals surface area contributed by atoms with E-state index in [1.807, 2.05) is 12.1 Å². The fourth-order valence-corrected chi connectivity index (χ4v) is 4.76. The van der Waals surface area contributed by atoms with Gasteiger partial charge in [0.25, 0.3) is 0 Å². The molecule has 1 heterocycles. The molecule has 1 nitrogen and oxygen atoms in total. The summed E-state index contributed by atoms with van der Waals surface area (Å²) in [6.07, 6.45) is 6.28.